The minimum absolute atomic E-state index is 0.0226. The van der Waals surface area contributed by atoms with Crippen LogP contribution in [0, 0.1) is 0 Å². The minimum Gasteiger partial charge on any atom is -0.325 e. The zero-order chi connectivity index (χ0) is 23.9. The van der Waals surface area contributed by atoms with Gasteiger partial charge in [0.2, 0.25) is 5.91 Å². The van der Waals surface area contributed by atoms with Crippen molar-refractivity contribution >= 4 is 52.1 Å². The maximum absolute atomic E-state index is 13.2. The molecule has 1 aromatic heterocycles. The predicted molar refractivity (Wildman–Crippen MR) is 139 cm³/mol. The van der Waals surface area contributed by atoms with Gasteiger partial charge in [-0.05, 0) is 72.5 Å². The number of rotatable bonds is 8. The quantitative estimate of drug-likeness (QED) is 0.215. The first-order chi connectivity index (χ1) is 16.5. The van der Waals surface area contributed by atoms with Crippen molar-refractivity contribution in [3.8, 4) is 0 Å². The van der Waals surface area contributed by atoms with Gasteiger partial charge >= 0.3 is 0 Å². The number of carbonyl (C=O) groups is 3. The Morgan fingerprint density at radius 1 is 0.765 bits per heavy atom. The molecular formula is C27H22N2O3S2. The monoisotopic (exact) mass is 486 g/mol. The molecule has 0 saturated carbocycles. The van der Waals surface area contributed by atoms with E-state index < -0.39 is 5.25 Å². The van der Waals surface area contributed by atoms with E-state index >= 15 is 0 Å². The second-order valence-corrected chi connectivity index (χ2v) is 9.61. The molecule has 4 aromatic rings. The fourth-order valence-corrected chi connectivity index (χ4v) is 4.89. The lowest BCUT2D eigenvalue weighted by molar-refractivity contribution is -0.115. The van der Waals surface area contributed by atoms with Gasteiger partial charge in [-0.1, -0.05) is 36.4 Å². The van der Waals surface area contributed by atoms with E-state index in [9.17, 15) is 14.4 Å². The summed E-state index contributed by atoms with van der Waals surface area (Å²) in [5.41, 5.74) is 2.79. The zero-order valence-electron chi connectivity index (χ0n) is 18.4. The number of amides is 2. The largest absolute Gasteiger partial charge is 0.325 e. The molecule has 4 rings (SSSR count). The second-order valence-electron chi connectivity index (χ2n) is 7.49. The van der Waals surface area contributed by atoms with Crippen LogP contribution in [0.1, 0.15) is 37.8 Å². The summed E-state index contributed by atoms with van der Waals surface area (Å²) < 4.78 is 0. The highest BCUT2D eigenvalue weighted by Gasteiger charge is 2.22. The molecule has 0 aliphatic carbocycles. The number of thioether (sulfide) groups is 1. The number of Topliss-reactive ketones (excluding diaryl/α,β-unsaturated/α-hetero) is 1. The van der Waals surface area contributed by atoms with Gasteiger partial charge in [0.05, 0.1) is 4.88 Å². The highest BCUT2D eigenvalue weighted by Crippen LogP contribution is 2.36. The van der Waals surface area contributed by atoms with Crippen LogP contribution in [0.15, 0.2) is 101 Å². The molecule has 34 heavy (non-hydrogen) atoms. The Morgan fingerprint density at radius 3 is 2.03 bits per heavy atom. The van der Waals surface area contributed by atoms with E-state index in [1.165, 1.54) is 30.0 Å². The van der Waals surface area contributed by atoms with Gasteiger partial charge in [0.25, 0.3) is 5.91 Å². The van der Waals surface area contributed by atoms with E-state index in [1.807, 2.05) is 66.0 Å². The standard InChI is InChI=1S/C27H22N2O3S2/c1-18(30)19-9-11-21(12-10-19)29-27(32)25(20-6-3-2-4-7-20)34-23-15-13-22(14-16-23)28-26(31)24-8-5-17-33-24/h2-17,25H,1H3,(H,28,31)(H,29,32). The van der Waals surface area contributed by atoms with Gasteiger partial charge in [-0.25, -0.2) is 0 Å². The summed E-state index contributed by atoms with van der Waals surface area (Å²) in [4.78, 5) is 38.5. The molecule has 170 valence electrons. The van der Waals surface area contributed by atoms with Gasteiger partial charge in [-0.2, -0.15) is 0 Å². The Kier molecular flexibility index (Phi) is 7.57. The zero-order valence-corrected chi connectivity index (χ0v) is 20.0. The lowest BCUT2D eigenvalue weighted by Gasteiger charge is -2.17. The Hall–Kier alpha value is -3.68. The number of hydrogen-bond acceptors (Lipinski definition) is 5. The van der Waals surface area contributed by atoms with Gasteiger partial charge in [0.15, 0.2) is 5.78 Å². The third kappa shape index (κ3) is 6.01. The van der Waals surface area contributed by atoms with Gasteiger partial charge in [0.1, 0.15) is 5.25 Å². The van der Waals surface area contributed by atoms with E-state index in [0.717, 1.165) is 10.5 Å². The molecule has 0 saturated heterocycles. The highest BCUT2D eigenvalue weighted by atomic mass is 32.2. The maximum Gasteiger partial charge on any atom is 0.265 e. The summed E-state index contributed by atoms with van der Waals surface area (Å²) in [5.74, 6) is -0.333. The topological polar surface area (TPSA) is 75.3 Å². The molecule has 2 amide bonds. The second kappa shape index (κ2) is 11.0. The van der Waals surface area contributed by atoms with Crippen LogP contribution in [0.2, 0.25) is 0 Å². The van der Waals surface area contributed by atoms with Gasteiger partial charge in [-0.3, -0.25) is 14.4 Å². The predicted octanol–water partition coefficient (Wildman–Crippen LogP) is 6.68. The molecule has 0 spiro atoms. The number of carbonyl (C=O) groups excluding carboxylic acids is 3. The normalized spacial score (nSPS) is 11.4. The number of anilines is 2. The molecule has 0 aliphatic rings. The average Bonchev–Trinajstić information content (AvgIpc) is 3.40. The minimum atomic E-state index is -0.486. The molecule has 0 fully saturated rings. The van der Waals surface area contributed by atoms with Crippen LogP contribution in [0.5, 0.6) is 0 Å². The van der Waals surface area contributed by atoms with E-state index in [0.29, 0.717) is 21.8 Å². The summed E-state index contributed by atoms with van der Waals surface area (Å²) in [7, 11) is 0. The Balaban J connectivity index is 1.48. The van der Waals surface area contributed by atoms with Crippen LogP contribution in [0.3, 0.4) is 0 Å². The fraction of sp³-hybridized carbons (Fsp3) is 0.0741. The Bertz CT molecular complexity index is 1270. The smallest absolute Gasteiger partial charge is 0.265 e. The van der Waals surface area contributed by atoms with Crippen molar-refractivity contribution < 1.29 is 14.4 Å². The Morgan fingerprint density at radius 2 is 1.41 bits per heavy atom. The van der Waals surface area contributed by atoms with E-state index in [1.54, 1.807) is 30.3 Å². The van der Waals surface area contributed by atoms with E-state index in [2.05, 4.69) is 10.6 Å². The summed E-state index contributed by atoms with van der Waals surface area (Å²) in [5, 5.41) is 7.21. The first kappa shape index (κ1) is 23.5. The molecule has 1 unspecified atom stereocenters. The summed E-state index contributed by atoms with van der Waals surface area (Å²) in [6.07, 6.45) is 0. The fourth-order valence-electron chi connectivity index (χ4n) is 3.25. The van der Waals surface area contributed by atoms with Crippen molar-refractivity contribution in [3.05, 3.63) is 112 Å². The van der Waals surface area contributed by atoms with Crippen molar-refractivity contribution in [2.75, 3.05) is 10.6 Å². The van der Waals surface area contributed by atoms with Crippen molar-refractivity contribution in [1.82, 2.24) is 0 Å². The molecule has 5 nitrogen and oxygen atoms in total. The molecule has 0 bridgehead atoms. The maximum atomic E-state index is 13.2. The number of thiophene rings is 1. The molecular weight excluding hydrogens is 464 g/mol. The van der Waals surface area contributed by atoms with Crippen LogP contribution < -0.4 is 10.6 Å². The van der Waals surface area contributed by atoms with E-state index in [4.69, 9.17) is 0 Å². The summed E-state index contributed by atoms with van der Waals surface area (Å²) in [6.45, 7) is 1.51. The molecule has 0 aliphatic heterocycles. The molecule has 0 radical (unpaired) electrons. The first-order valence-corrected chi connectivity index (χ1v) is 12.3. The van der Waals surface area contributed by atoms with Crippen molar-refractivity contribution in [2.24, 2.45) is 0 Å². The van der Waals surface area contributed by atoms with Crippen LogP contribution >= 0.6 is 23.1 Å². The van der Waals surface area contributed by atoms with Gasteiger partial charge < -0.3 is 10.6 Å². The average molecular weight is 487 g/mol. The summed E-state index contributed by atoms with van der Waals surface area (Å²) in [6, 6.07) is 27.5. The SMILES string of the molecule is CC(=O)c1ccc(NC(=O)C(Sc2ccc(NC(=O)c3cccs3)cc2)c2ccccc2)cc1. The van der Waals surface area contributed by atoms with E-state index in [-0.39, 0.29) is 17.6 Å². The number of ketones is 1. The van der Waals surface area contributed by atoms with Crippen molar-refractivity contribution in [3.63, 3.8) is 0 Å². The molecule has 1 heterocycles. The molecule has 7 heteroatoms. The third-order valence-corrected chi connectivity index (χ3v) is 7.15. The van der Waals surface area contributed by atoms with Crippen molar-refractivity contribution in [1.29, 1.82) is 0 Å². The number of benzene rings is 3. The highest BCUT2D eigenvalue weighted by molar-refractivity contribution is 8.00. The lowest BCUT2D eigenvalue weighted by atomic mass is 10.1. The third-order valence-electron chi connectivity index (χ3n) is 5.01. The lowest BCUT2D eigenvalue weighted by Crippen LogP contribution is -2.19. The van der Waals surface area contributed by atoms with Gasteiger partial charge in [0, 0.05) is 21.8 Å². The number of nitrogens with one attached hydrogen (secondary N) is 2. The number of hydrogen-bond donors (Lipinski definition) is 2. The Labute approximate surface area is 206 Å². The molecule has 1 atom stereocenters. The molecule has 2 N–H and O–H groups in total. The van der Waals surface area contributed by atoms with Crippen LogP contribution in [-0.4, -0.2) is 17.6 Å². The summed E-state index contributed by atoms with van der Waals surface area (Å²) >= 11 is 2.81. The van der Waals surface area contributed by atoms with Crippen LogP contribution in [0.25, 0.3) is 0 Å². The molecule has 3 aromatic carbocycles. The van der Waals surface area contributed by atoms with Gasteiger partial charge in [-0.15, -0.1) is 23.1 Å². The first-order valence-electron chi connectivity index (χ1n) is 10.6. The van der Waals surface area contributed by atoms with Crippen LogP contribution in [-0.2, 0) is 4.79 Å². The van der Waals surface area contributed by atoms with Crippen LogP contribution in [0.4, 0.5) is 11.4 Å². The van der Waals surface area contributed by atoms with Crippen molar-refractivity contribution in [2.45, 2.75) is 17.1 Å².